The molecule has 0 aliphatic heterocycles. The number of nitrogens with one attached hydrogen (secondary N) is 1. The van der Waals surface area contributed by atoms with Gasteiger partial charge in [-0.1, -0.05) is 30.3 Å². The number of oxazole rings is 1. The van der Waals surface area contributed by atoms with Crippen molar-refractivity contribution < 1.29 is 14.3 Å². The topological polar surface area (TPSA) is 75.4 Å². The maximum absolute atomic E-state index is 11.7. The van der Waals surface area contributed by atoms with Crippen LogP contribution >= 0.6 is 0 Å². The summed E-state index contributed by atoms with van der Waals surface area (Å²) in [5.74, 6) is -0.199. The summed E-state index contributed by atoms with van der Waals surface area (Å²) >= 11 is 0. The molecule has 0 spiro atoms. The van der Waals surface area contributed by atoms with Crippen molar-refractivity contribution >= 4 is 5.91 Å². The zero-order chi connectivity index (χ0) is 13.0. The zero-order valence-corrected chi connectivity index (χ0v) is 9.96. The first kappa shape index (κ1) is 12.3. The highest BCUT2D eigenvalue weighted by Gasteiger charge is 2.15. The lowest BCUT2D eigenvalue weighted by atomic mass is 10.1. The van der Waals surface area contributed by atoms with Crippen LogP contribution in [0.15, 0.2) is 41.1 Å². The molecule has 0 aliphatic carbocycles. The van der Waals surface area contributed by atoms with Crippen LogP contribution in [0.3, 0.4) is 0 Å². The molecule has 1 atom stereocenters. The molecular formula is C13H14N2O3. The van der Waals surface area contributed by atoms with Gasteiger partial charge in [0.2, 0.25) is 5.76 Å². The second-order valence-electron chi connectivity index (χ2n) is 3.90. The fraction of sp³-hybridized carbons (Fsp3) is 0.231. The predicted molar refractivity (Wildman–Crippen MR) is 65.0 cm³/mol. The summed E-state index contributed by atoms with van der Waals surface area (Å²) in [5, 5.41) is 12.5. The summed E-state index contributed by atoms with van der Waals surface area (Å²) < 4.78 is 4.96. The second kappa shape index (κ2) is 5.46. The molecule has 5 nitrogen and oxygen atoms in total. The number of rotatable bonds is 4. The van der Waals surface area contributed by atoms with Crippen LogP contribution in [-0.4, -0.2) is 22.5 Å². The molecule has 0 aliphatic rings. The quantitative estimate of drug-likeness (QED) is 0.856. The fourth-order valence-corrected chi connectivity index (χ4v) is 1.58. The summed E-state index contributed by atoms with van der Waals surface area (Å²) in [6.45, 7) is 1.81. The van der Waals surface area contributed by atoms with Crippen LogP contribution in [0.5, 0.6) is 0 Å². The van der Waals surface area contributed by atoms with Crippen LogP contribution in [0.4, 0.5) is 0 Å². The molecule has 0 fully saturated rings. The first-order valence-electron chi connectivity index (χ1n) is 5.60. The number of carbonyl (C=O) groups excluding carboxylic acids is 1. The molecule has 2 N–H and O–H groups in total. The Balaban J connectivity index is 1.93. The van der Waals surface area contributed by atoms with Gasteiger partial charge in [0.05, 0.1) is 11.8 Å². The number of carbonyl (C=O) groups is 1. The van der Waals surface area contributed by atoms with Crippen molar-refractivity contribution in [2.24, 2.45) is 0 Å². The Morgan fingerprint density at radius 2 is 2.17 bits per heavy atom. The van der Waals surface area contributed by atoms with Crippen LogP contribution in [0.1, 0.15) is 27.9 Å². The van der Waals surface area contributed by atoms with Gasteiger partial charge in [0.15, 0.2) is 6.39 Å². The Labute approximate surface area is 104 Å². The van der Waals surface area contributed by atoms with Crippen LogP contribution < -0.4 is 5.32 Å². The summed E-state index contributed by atoms with van der Waals surface area (Å²) in [5.41, 5.74) is 1.29. The molecule has 5 heteroatoms. The number of hydrogen-bond donors (Lipinski definition) is 2. The summed E-state index contributed by atoms with van der Waals surface area (Å²) in [6.07, 6.45) is 0.482. The molecule has 2 rings (SSSR count). The van der Waals surface area contributed by atoms with E-state index in [-0.39, 0.29) is 18.2 Å². The highest BCUT2D eigenvalue weighted by molar-refractivity contribution is 5.92. The molecule has 94 valence electrons. The van der Waals surface area contributed by atoms with Crippen molar-refractivity contribution in [2.45, 2.75) is 13.0 Å². The average molecular weight is 246 g/mol. The highest BCUT2D eigenvalue weighted by Crippen LogP contribution is 2.11. The number of nitrogens with zero attached hydrogens (tertiary/aromatic N) is 1. The first-order valence-corrected chi connectivity index (χ1v) is 5.60. The maximum atomic E-state index is 11.7. The van der Waals surface area contributed by atoms with Crippen molar-refractivity contribution in [1.29, 1.82) is 0 Å². The minimum atomic E-state index is -0.738. The number of aryl methyl sites for hydroxylation is 1. The van der Waals surface area contributed by atoms with E-state index in [4.69, 9.17) is 4.42 Å². The van der Waals surface area contributed by atoms with E-state index in [0.717, 1.165) is 5.56 Å². The Morgan fingerprint density at radius 3 is 2.78 bits per heavy atom. The standard InChI is InChI=1S/C13H14N2O3/c1-9-12(18-8-15-9)13(17)14-7-11(16)10-5-3-2-4-6-10/h2-6,8,11,16H,7H2,1H3,(H,14,17). The van der Waals surface area contributed by atoms with E-state index < -0.39 is 6.10 Å². The van der Waals surface area contributed by atoms with Gasteiger partial charge in [0.1, 0.15) is 0 Å². The SMILES string of the molecule is Cc1ncoc1C(=O)NCC(O)c1ccccc1. The van der Waals surface area contributed by atoms with Gasteiger partial charge in [-0.25, -0.2) is 4.98 Å². The molecule has 1 aromatic heterocycles. The molecule has 1 aromatic carbocycles. The van der Waals surface area contributed by atoms with Gasteiger partial charge in [-0.2, -0.15) is 0 Å². The van der Waals surface area contributed by atoms with Crippen molar-refractivity contribution in [3.63, 3.8) is 0 Å². The summed E-state index contributed by atoms with van der Waals surface area (Å²) in [7, 11) is 0. The molecular weight excluding hydrogens is 232 g/mol. The zero-order valence-electron chi connectivity index (χ0n) is 9.96. The lowest BCUT2D eigenvalue weighted by Crippen LogP contribution is -2.28. The van der Waals surface area contributed by atoms with E-state index >= 15 is 0 Å². The predicted octanol–water partition coefficient (Wildman–Crippen LogP) is 1.45. The van der Waals surface area contributed by atoms with Crippen LogP contribution in [-0.2, 0) is 0 Å². The Kier molecular flexibility index (Phi) is 3.74. The summed E-state index contributed by atoms with van der Waals surface area (Å²) in [6, 6.07) is 9.14. The fourth-order valence-electron chi connectivity index (χ4n) is 1.58. The smallest absolute Gasteiger partial charge is 0.289 e. The van der Waals surface area contributed by atoms with Crippen molar-refractivity contribution in [3.8, 4) is 0 Å². The number of hydrogen-bond acceptors (Lipinski definition) is 4. The average Bonchev–Trinajstić information content (AvgIpc) is 2.83. The van der Waals surface area contributed by atoms with E-state index in [1.165, 1.54) is 6.39 Å². The molecule has 0 saturated heterocycles. The monoisotopic (exact) mass is 246 g/mol. The minimum absolute atomic E-state index is 0.128. The van der Waals surface area contributed by atoms with E-state index in [0.29, 0.717) is 5.69 Å². The largest absolute Gasteiger partial charge is 0.438 e. The van der Waals surface area contributed by atoms with Crippen LogP contribution in [0, 0.1) is 6.92 Å². The maximum Gasteiger partial charge on any atom is 0.289 e. The lowest BCUT2D eigenvalue weighted by Gasteiger charge is -2.11. The van der Waals surface area contributed by atoms with E-state index in [1.807, 2.05) is 18.2 Å². The number of aliphatic hydroxyl groups is 1. The first-order chi connectivity index (χ1) is 8.68. The summed E-state index contributed by atoms with van der Waals surface area (Å²) in [4.78, 5) is 15.5. The third kappa shape index (κ3) is 2.75. The van der Waals surface area contributed by atoms with Gasteiger partial charge in [-0.3, -0.25) is 4.79 Å². The van der Waals surface area contributed by atoms with Gasteiger partial charge < -0.3 is 14.8 Å². The number of amides is 1. The third-order valence-corrected chi connectivity index (χ3v) is 2.59. The highest BCUT2D eigenvalue weighted by atomic mass is 16.3. The number of benzene rings is 1. The van der Waals surface area contributed by atoms with Gasteiger partial charge >= 0.3 is 0 Å². The van der Waals surface area contributed by atoms with Gasteiger partial charge in [0.25, 0.3) is 5.91 Å². The Morgan fingerprint density at radius 1 is 1.44 bits per heavy atom. The molecule has 0 radical (unpaired) electrons. The molecule has 1 heterocycles. The van der Waals surface area contributed by atoms with E-state index in [1.54, 1.807) is 19.1 Å². The minimum Gasteiger partial charge on any atom is -0.438 e. The van der Waals surface area contributed by atoms with Gasteiger partial charge in [-0.05, 0) is 12.5 Å². The molecule has 0 bridgehead atoms. The number of aromatic nitrogens is 1. The van der Waals surface area contributed by atoms with Gasteiger partial charge in [-0.15, -0.1) is 0 Å². The molecule has 1 unspecified atom stereocenters. The normalized spacial score (nSPS) is 12.1. The third-order valence-electron chi connectivity index (χ3n) is 2.59. The second-order valence-corrected chi connectivity index (χ2v) is 3.90. The molecule has 1 amide bonds. The molecule has 0 saturated carbocycles. The Bertz CT molecular complexity index is 522. The lowest BCUT2D eigenvalue weighted by molar-refractivity contribution is 0.0888. The number of aliphatic hydroxyl groups excluding tert-OH is 1. The Hall–Kier alpha value is -2.14. The van der Waals surface area contributed by atoms with Crippen molar-refractivity contribution in [1.82, 2.24) is 10.3 Å². The molecule has 2 aromatic rings. The van der Waals surface area contributed by atoms with E-state index in [9.17, 15) is 9.90 Å². The van der Waals surface area contributed by atoms with E-state index in [2.05, 4.69) is 10.3 Å². The van der Waals surface area contributed by atoms with Crippen LogP contribution in [0.25, 0.3) is 0 Å². The van der Waals surface area contributed by atoms with Crippen molar-refractivity contribution in [3.05, 3.63) is 53.7 Å². The molecule has 18 heavy (non-hydrogen) atoms. The van der Waals surface area contributed by atoms with Gasteiger partial charge in [0, 0.05) is 6.54 Å². The van der Waals surface area contributed by atoms with Crippen molar-refractivity contribution in [2.75, 3.05) is 6.54 Å². The van der Waals surface area contributed by atoms with Crippen LogP contribution in [0.2, 0.25) is 0 Å².